The normalized spacial score (nSPS) is 22.6. The molecule has 20 heavy (non-hydrogen) atoms. The maximum absolute atomic E-state index is 12.1. The topological polar surface area (TPSA) is 55.6 Å². The van der Waals surface area contributed by atoms with Crippen molar-refractivity contribution in [3.05, 3.63) is 29.8 Å². The summed E-state index contributed by atoms with van der Waals surface area (Å²) in [5.74, 6) is 1.42. The van der Waals surface area contributed by atoms with Crippen molar-refractivity contribution in [3.63, 3.8) is 0 Å². The predicted octanol–water partition coefficient (Wildman–Crippen LogP) is 2.34. The number of nitrogens with zero attached hydrogens (tertiary/aromatic N) is 1. The third kappa shape index (κ3) is 3.12. The van der Waals surface area contributed by atoms with E-state index in [0.717, 1.165) is 17.9 Å². The fourth-order valence-electron chi connectivity index (χ4n) is 2.81. The molecule has 0 aromatic heterocycles. The largest absolute Gasteiger partial charge is 0.494 e. The van der Waals surface area contributed by atoms with Gasteiger partial charge < -0.3 is 15.4 Å². The Morgan fingerprint density at radius 3 is 2.85 bits per heavy atom. The van der Waals surface area contributed by atoms with Crippen molar-refractivity contribution in [2.45, 2.75) is 39.3 Å². The van der Waals surface area contributed by atoms with Crippen LogP contribution < -0.4 is 10.5 Å². The molecule has 4 heteroatoms. The van der Waals surface area contributed by atoms with Gasteiger partial charge in [-0.05, 0) is 30.5 Å². The van der Waals surface area contributed by atoms with E-state index < -0.39 is 0 Å². The molecule has 0 aliphatic carbocycles. The first-order valence-electron chi connectivity index (χ1n) is 7.30. The minimum absolute atomic E-state index is 0.0368. The zero-order chi connectivity index (χ0) is 14.7. The Morgan fingerprint density at radius 2 is 2.20 bits per heavy atom. The number of hydrogen-bond acceptors (Lipinski definition) is 3. The number of carbonyl (C=O) groups excluding carboxylic acids is 1. The smallest absolute Gasteiger partial charge is 0.224 e. The Morgan fingerprint density at radius 1 is 1.45 bits per heavy atom. The molecule has 0 bridgehead atoms. The van der Waals surface area contributed by atoms with E-state index in [1.165, 1.54) is 0 Å². The number of hydrogen-bond donors (Lipinski definition) is 1. The van der Waals surface area contributed by atoms with Gasteiger partial charge in [0, 0.05) is 19.0 Å². The van der Waals surface area contributed by atoms with Crippen LogP contribution in [0.4, 0.5) is 0 Å². The highest BCUT2D eigenvalue weighted by Crippen LogP contribution is 2.34. The highest BCUT2D eigenvalue weighted by molar-refractivity contribution is 5.80. The van der Waals surface area contributed by atoms with E-state index in [1.807, 2.05) is 36.1 Å². The fourth-order valence-corrected chi connectivity index (χ4v) is 2.81. The molecule has 1 aliphatic rings. The molecule has 0 saturated carbocycles. The van der Waals surface area contributed by atoms with Gasteiger partial charge in [-0.2, -0.15) is 0 Å². The number of amides is 1. The van der Waals surface area contributed by atoms with Gasteiger partial charge in [-0.3, -0.25) is 4.79 Å². The van der Waals surface area contributed by atoms with E-state index in [0.29, 0.717) is 18.9 Å². The van der Waals surface area contributed by atoms with Crippen LogP contribution in [0.15, 0.2) is 24.3 Å². The van der Waals surface area contributed by atoms with Crippen molar-refractivity contribution < 1.29 is 9.53 Å². The first kappa shape index (κ1) is 14.9. The summed E-state index contributed by atoms with van der Waals surface area (Å²) < 4.78 is 5.54. The van der Waals surface area contributed by atoms with Crippen LogP contribution in [-0.4, -0.2) is 30.0 Å². The Bertz CT molecular complexity index is 473. The number of nitrogens with two attached hydrogens (primary N) is 1. The van der Waals surface area contributed by atoms with Crippen LogP contribution in [0.25, 0.3) is 0 Å². The zero-order valence-electron chi connectivity index (χ0n) is 12.5. The molecule has 4 nitrogen and oxygen atoms in total. The molecule has 2 N–H and O–H groups in total. The first-order valence-corrected chi connectivity index (χ1v) is 7.30. The van der Waals surface area contributed by atoms with E-state index in [2.05, 4.69) is 13.8 Å². The van der Waals surface area contributed by atoms with E-state index in [-0.39, 0.29) is 18.0 Å². The number of rotatable bonds is 5. The minimum Gasteiger partial charge on any atom is -0.494 e. The van der Waals surface area contributed by atoms with Gasteiger partial charge in [-0.1, -0.05) is 26.0 Å². The summed E-state index contributed by atoms with van der Waals surface area (Å²) in [5.41, 5.74) is 7.25. The molecule has 2 unspecified atom stereocenters. The molecule has 1 heterocycles. The van der Waals surface area contributed by atoms with E-state index >= 15 is 0 Å². The van der Waals surface area contributed by atoms with Crippen LogP contribution in [-0.2, 0) is 4.79 Å². The summed E-state index contributed by atoms with van der Waals surface area (Å²) in [6.45, 7) is 7.57. The molecule has 1 aromatic carbocycles. The van der Waals surface area contributed by atoms with Gasteiger partial charge in [-0.15, -0.1) is 0 Å². The Hall–Kier alpha value is -1.55. The van der Waals surface area contributed by atoms with Gasteiger partial charge >= 0.3 is 0 Å². The average Bonchev–Trinajstić information content (AvgIpc) is 2.64. The second-order valence-electron chi connectivity index (χ2n) is 5.76. The maximum atomic E-state index is 12.1. The van der Waals surface area contributed by atoms with Gasteiger partial charge in [0.15, 0.2) is 0 Å². The maximum Gasteiger partial charge on any atom is 0.224 e. The van der Waals surface area contributed by atoms with Crippen molar-refractivity contribution >= 4 is 5.91 Å². The summed E-state index contributed by atoms with van der Waals surface area (Å²) in [7, 11) is 0. The SMILES string of the molecule is CCOc1cccc(C2C(N)CC(=O)N2CC(C)C)c1. The Balaban J connectivity index is 2.27. The predicted molar refractivity (Wildman–Crippen MR) is 79.5 cm³/mol. The highest BCUT2D eigenvalue weighted by Gasteiger charge is 2.38. The van der Waals surface area contributed by atoms with Crippen molar-refractivity contribution in [1.29, 1.82) is 0 Å². The van der Waals surface area contributed by atoms with E-state index in [1.54, 1.807) is 0 Å². The second kappa shape index (κ2) is 6.27. The number of carbonyl (C=O) groups is 1. The van der Waals surface area contributed by atoms with Crippen LogP contribution in [0, 0.1) is 5.92 Å². The molecule has 110 valence electrons. The van der Waals surface area contributed by atoms with Crippen molar-refractivity contribution in [1.82, 2.24) is 4.90 Å². The molecular formula is C16H24N2O2. The lowest BCUT2D eigenvalue weighted by Crippen LogP contribution is -2.35. The number of ether oxygens (including phenoxy) is 1. The van der Waals surface area contributed by atoms with Crippen molar-refractivity contribution in [2.24, 2.45) is 11.7 Å². The van der Waals surface area contributed by atoms with Crippen LogP contribution in [0.2, 0.25) is 0 Å². The van der Waals surface area contributed by atoms with Gasteiger partial charge in [0.2, 0.25) is 5.91 Å². The van der Waals surface area contributed by atoms with Gasteiger partial charge in [0.1, 0.15) is 5.75 Å². The first-order chi connectivity index (χ1) is 9.52. The molecule has 2 atom stereocenters. The minimum atomic E-state index is -0.141. The van der Waals surface area contributed by atoms with Crippen LogP contribution in [0.3, 0.4) is 0 Å². The molecule has 2 rings (SSSR count). The lowest BCUT2D eigenvalue weighted by Gasteiger charge is -2.29. The standard InChI is InChI=1S/C16H24N2O2/c1-4-20-13-7-5-6-12(8-13)16-14(17)9-15(19)18(16)10-11(2)3/h5-8,11,14,16H,4,9-10,17H2,1-3H3. The molecule has 0 radical (unpaired) electrons. The molecule has 1 fully saturated rings. The van der Waals surface area contributed by atoms with E-state index in [4.69, 9.17) is 10.5 Å². The summed E-state index contributed by atoms with van der Waals surface area (Å²) in [6, 6.07) is 7.74. The van der Waals surface area contributed by atoms with Crippen LogP contribution in [0.5, 0.6) is 5.75 Å². The summed E-state index contributed by atoms with van der Waals surface area (Å²) in [5, 5.41) is 0. The lowest BCUT2D eigenvalue weighted by atomic mass is 10.00. The van der Waals surface area contributed by atoms with Gasteiger partial charge in [0.05, 0.1) is 12.6 Å². The Labute approximate surface area is 120 Å². The number of likely N-dealkylation sites (tertiary alicyclic amines) is 1. The van der Waals surface area contributed by atoms with Crippen molar-refractivity contribution in [2.75, 3.05) is 13.2 Å². The molecule has 0 spiro atoms. The molecular weight excluding hydrogens is 252 g/mol. The van der Waals surface area contributed by atoms with Crippen LogP contribution in [0.1, 0.15) is 38.8 Å². The Kier molecular flexibility index (Phi) is 4.65. The molecule has 1 amide bonds. The van der Waals surface area contributed by atoms with E-state index in [9.17, 15) is 4.79 Å². The summed E-state index contributed by atoms with van der Waals surface area (Å²) in [4.78, 5) is 14.0. The second-order valence-corrected chi connectivity index (χ2v) is 5.76. The zero-order valence-corrected chi connectivity index (χ0v) is 12.5. The quantitative estimate of drug-likeness (QED) is 0.898. The third-order valence-corrected chi connectivity index (χ3v) is 3.54. The lowest BCUT2D eigenvalue weighted by molar-refractivity contribution is -0.129. The van der Waals surface area contributed by atoms with Gasteiger partial charge in [-0.25, -0.2) is 0 Å². The molecule has 1 aliphatic heterocycles. The fraction of sp³-hybridized carbons (Fsp3) is 0.562. The number of benzene rings is 1. The van der Waals surface area contributed by atoms with Crippen molar-refractivity contribution in [3.8, 4) is 5.75 Å². The third-order valence-electron chi connectivity index (χ3n) is 3.54. The average molecular weight is 276 g/mol. The summed E-state index contributed by atoms with van der Waals surface area (Å²) >= 11 is 0. The molecule has 1 aromatic rings. The molecule has 1 saturated heterocycles. The van der Waals surface area contributed by atoms with Gasteiger partial charge in [0.25, 0.3) is 0 Å². The summed E-state index contributed by atoms with van der Waals surface area (Å²) in [6.07, 6.45) is 0.427. The highest BCUT2D eigenvalue weighted by atomic mass is 16.5. The van der Waals surface area contributed by atoms with Crippen LogP contribution >= 0.6 is 0 Å². The monoisotopic (exact) mass is 276 g/mol.